The van der Waals surface area contributed by atoms with Crippen molar-refractivity contribution in [3.8, 4) is 5.75 Å². The van der Waals surface area contributed by atoms with Crippen LogP contribution in [0, 0.1) is 0 Å². The van der Waals surface area contributed by atoms with Gasteiger partial charge in [-0.2, -0.15) is 0 Å². The largest absolute Gasteiger partial charge is 0.504 e. The molecule has 2 nitrogen and oxygen atoms in total. The Hall–Kier alpha value is -2.74. The summed E-state index contributed by atoms with van der Waals surface area (Å²) < 4.78 is 10.9. The van der Waals surface area contributed by atoms with Crippen molar-refractivity contribution in [2.75, 3.05) is 7.11 Å². The summed E-state index contributed by atoms with van der Waals surface area (Å²) >= 11 is 0. The number of hydrogen-bond acceptors (Lipinski definition) is 2. The molecule has 0 heterocycles. The van der Waals surface area contributed by atoms with Gasteiger partial charge in [0.25, 0.3) is 0 Å². The molecule has 0 fully saturated rings. The van der Waals surface area contributed by atoms with E-state index in [1.165, 1.54) is 0 Å². The van der Waals surface area contributed by atoms with Gasteiger partial charge >= 0.3 is 0 Å². The molecule has 2 aromatic carbocycles. The second-order valence-electron chi connectivity index (χ2n) is 4.75. The predicted octanol–water partition coefficient (Wildman–Crippen LogP) is 5.25. The van der Waals surface area contributed by atoms with Gasteiger partial charge in [0.2, 0.25) is 0 Å². The molecule has 0 spiro atoms. The average Bonchev–Trinajstić information content (AvgIpc) is 2.59. The van der Waals surface area contributed by atoms with E-state index < -0.39 is 0 Å². The molecule has 112 valence electrons. The predicted molar refractivity (Wildman–Crippen MR) is 92.6 cm³/mol. The van der Waals surface area contributed by atoms with E-state index in [0.29, 0.717) is 0 Å². The first-order chi connectivity index (χ1) is 10.8. The van der Waals surface area contributed by atoms with Gasteiger partial charge in [-0.1, -0.05) is 55.6 Å². The molecular formula is C20H20O2. The molecule has 0 aromatic heterocycles. The fraction of sp³-hybridized carbons (Fsp3) is 0.100. The maximum absolute atomic E-state index is 5.98. The number of rotatable bonds is 7. The lowest BCUT2D eigenvalue weighted by molar-refractivity contribution is 0.256. The summed E-state index contributed by atoms with van der Waals surface area (Å²) in [5.74, 6) is 0.804. The molecule has 0 amide bonds. The third kappa shape index (κ3) is 4.13. The zero-order valence-electron chi connectivity index (χ0n) is 12.7. The Labute approximate surface area is 132 Å². The quantitative estimate of drug-likeness (QED) is 0.512. The zero-order chi connectivity index (χ0) is 15.8. The highest BCUT2D eigenvalue weighted by Gasteiger charge is 2.09. The molecular weight excluding hydrogens is 272 g/mol. The molecule has 0 N–H and O–H groups in total. The van der Waals surface area contributed by atoms with Gasteiger partial charge in [-0.3, -0.25) is 0 Å². The first-order valence-corrected chi connectivity index (χ1v) is 7.08. The second-order valence-corrected chi connectivity index (χ2v) is 4.75. The average molecular weight is 292 g/mol. The Bertz CT molecular complexity index is 636. The van der Waals surface area contributed by atoms with E-state index >= 15 is 0 Å². The second kappa shape index (κ2) is 7.89. The van der Waals surface area contributed by atoms with Gasteiger partial charge in [-0.25, -0.2) is 0 Å². The number of hydrogen-bond donors (Lipinski definition) is 0. The minimum absolute atomic E-state index is 0.185. The topological polar surface area (TPSA) is 18.5 Å². The molecule has 0 aliphatic heterocycles. The van der Waals surface area contributed by atoms with Gasteiger partial charge < -0.3 is 9.47 Å². The van der Waals surface area contributed by atoms with Crippen LogP contribution in [0.2, 0.25) is 0 Å². The van der Waals surface area contributed by atoms with Crippen molar-refractivity contribution in [3.05, 3.63) is 90.7 Å². The maximum atomic E-state index is 5.98. The van der Waals surface area contributed by atoms with Gasteiger partial charge in [0.05, 0.1) is 13.4 Å². The van der Waals surface area contributed by atoms with E-state index in [1.54, 1.807) is 25.5 Å². The SMILES string of the molecule is C=Cc1ccc(OC(C=C)c2ccc(C=COC)cc2)cc1. The van der Waals surface area contributed by atoms with Crippen molar-refractivity contribution in [2.45, 2.75) is 6.10 Å². The standard InChI is InChI=1S/C20H20O2/c1-4-16-8-12-19(13-9-16)22-20(5-2)18-10-6-17(7-11-18)14-15-21-3/h4-15,20H,1-2H2,3H3. The van der Waals surface area contributed by atoms with Crippen LogP contribution < -0.4 is 4.74 Å². The maximum Gasteiger partial charge on any atom is 0.142 e. The van der Waals surface area contributed by atoms with Crippen molar-refractivity contribution in [1.82, 2.24) is 0 Å². The summed E-state index contributed by atoms with van der Waals surface area (Å²) in [5, 5.41) is 0. The molecule has 22 heavy (non-hydrogen) atoms. The van der Waals surface area contributed by atoms with Crippen LogP contribution in [0.15, 0.2) is 74.0 Å². The summed E-state index contributed by atoms with van der Waals surface area (Å²) in [6.45, 7) is 7.61. The lowest BCUT2D eigenvalue weighted by atomic mass is 10.1. The smallest absolute Gasteiger partial charge is 0.142 e. The lowest BCUT2D eigenvalue weighted by Gasteiger charge is -2.16. The van der Waals surface area contributed by atoms with Crippen LogP contribution in [0.3, 0.4) is 0 Å². The fourth-order valence-electron chi connectivity index (χ4n) is 2.02. The first kappa shape index (κ1) is 15.6. The molecule has 0 saturated carbocycles. The molecule has 1 unspecified atom stereocenters. The summed E-state index contributed by atoms with van der Waals surface area (Å²) in [6, 6.07) is 15.9. The van der Waals surface area contributed by atoms with Gasteiger partial charge in [-0.15, -0.1) is 0 Å². The lowest BCUT2D eigenvalue weighted by Crippen LogP contribution is -2.04. The Morgan fingerprint density at radius 1 is 0.909 bits per heavy atom. The third-order valence-corrected chi connectivity index (χ3v) is 3.25. The van der Waals surface area contributed by atoms with Crippen molar-refractivity contribution >= 4 is 12.2 Å². The highest BCUT2D eigenvalue weighted by atomic mass is 16.5. The molecule has 0 aliphatic rings. The normalized spacial score (nSPS) is 11.9. The van der Waals surface area contributed by atoms with Crippen LogP contribution in [0.4, 0.5) is 0 Å². The van der Waals surface area contributed by atoms with Crippen molar-refractivity contribution in [2.24, 2.45) is 0 Å². The zero-order valence-corrected chi connectivity index (χ0v) is 12.7. The number of benzene rings is 2. The van der Waals surface area contributed by atoms with E-state index in [1.807, 2.05) is 54.6 Å². The van der Waals surface area contributed by atoms with E-state index in [0.717, 1.165) is 22.4 Å². The van der Waals surface area contributed by atoms with E-state index in [4.69, 9.17) is 9.47 Å². The van der Waals surface area contributed by atoms with Gasteiger partial charge in [0.15, 0.2) is 0 Å². The van der Waals surface area contributed by atoms with E-state index in [2.05, 4.69) is 13.2 Å². The van der Waals surface area contributed by atoms with Crippen molar-refractivity contribution in [1.29, 1.82) is 0 Å². The molecule has 2 rings (SSSR count). The van der Waals surface area contributed by atoms with Crippen LogP contribution in [0.5, 0.6) is 5.75 Å². The summed E-state index contributed by atoms with van der Waals surface area (Å²) in [7, 11) is 1.63. The minimum atomic E-state index is -0.185. The van der Waals surface area contributed by atoms with Crippen LogP contribution in [-0.4, -0.2) is 7.11 Å². The Balaban J connectivity index is 2.11. The Morgan fingerprint density at radius 2 is 1.55 bits per heavy atom. The van der Waals surface area contributed by atoms with Gasteiger partial charge in [0, 0.05) is 0 Å². The van der Waals surface area contributed by atoms with Crippen LogP contribution in [0.1, 0.15) is 22.8 Å². The molecule has 0 bridgehead atoms. The summed E-state index contributed by atoms with van der Waals surface area (Å²) in [4.78, 5) is 0. The third-order valence-electron chi connectivity index (χ3n) is 3.25. The van der Waals surface area contributed by atoms with Crippen molar-refractivity contribution in [3.63, 3.8) is 0 Å². The molecule has 0 aliphatic carbocycles. The Kier molecular flexibility index (Phi) is 5.61. The molecule has 2 heteroatoms. The first-order valence-electron chi connectivity index (χ1n) is 7.08. The number of methoxy groups -OCH3 is 1. The summed E-state index contributed by atoms with van der Waals surface area (Å²) in [6.07, 6.45) is 6.97. The molecule has 0 radical (unpaired) electrons. The van der Waals surface area contributed by atoms with Crippen LogP contribution >= 0.6 is 0 Å². The summed E-state index contributed by atoms with van der Waals surface area (Å²) in [5.41, 5.74) is 3.19. The van der Waals surface area contributed by atoms with Gasteiger partial charge in [0.1, 0.15) is 11.9 Å². The van der Waals surface area contributed by atoms with Crippen molar-refractivity contribution < 1.29 is 9.47 Å². The van der Waals surface area contributed by atoms with Crippen LogP contribution in [0.25, 0.3) is 12.2 Å². The van der Waals surface area contributed by atoms with E-state index in [-0.39, 0.29) is 6.10 Å². The molecule has 1 atom stereocenters. The Morgan fingerprint density at radius 3 is 2.09 bits per heavy atom. The highest BCUT2D eigenvalue weighted by Crippen LogP contribution is 2.24. The molecule has 2 aromatic rings. The molecule has 0 saturated heterocycles. The van der Waals surface area contributed by atoms with Gasteiger partial charge in [-0.05, 0) is 41.0 Å². The van der Waals surface area contributed by atoms with E-state index in [9.17, 15) is 0 Å². The fourth-order valence-corrected chi connectivity index (χ4v) is 2.02. The number of ether oxygens (including phenoxy) is 2. The van der Waals surface area contributed by atoms with Crippen LogP contribution in [-0.2, 0) is 4.74 Å². The highest BCUT2D eigenvalue weighted by molar-refractivity contribution is 5.50. The monoisotopic (exact) mass is 292 g/mol. The minimum Gasteiger partial charge on any atom is -0.504 e.